The zero-order chi connectivity index (χ0) is 19.8. The van der Waals surface area contributed by atoms with Crippen LogP contribution in [0.15, 0.2) is 12.5 Å². The molecule has 1 saturated carbocycles. The van der Waals surface area contributed by atoms with Gasteiger partial charge in [0.05, 0.1) is 30.2 Å². The van der Waals surface area contributed by atoms with E-state index in [0.717, 1.165) is 18.5 Å². The fraction of sp³-hybridized carbons (Fsp3) is 0.800. The second-order valence-electron chi connectivity index (χ2n) is 8.41. The molecular weight excluding hydrogens is 344 g/mol. The Kier molecular flexibility index (Phi) is 8.73. The smallest absolute Gasteiger partial charge is 0.237 e. The molecule has 1 fully saturated rings. The number of amides is 1. The number of carbonyl (C=O) groups excluding carboxylic acids is 1. The number of imidazole rings is 1. The maximum atomic E-state index is 12.6. The number of hydrogen-bond donors (Lipinski definition) is 5. The molecule has 7 heteroatoms. The van der Waals surface area contributed by atoms with Gasteiger partial charge in [0.25, 0.3) is 0 Å². The zero-order valence-corrected chi connectivity index (χ0v) is 16.6. The van der Waals surface area contributed by atoms with Gasteiger partial charge in [-0.2, -0.15) is 0 Å². The van der Waals surface area contributed by atoms with Crippen molar-refractivity contribution in [3.8, 4) is 0 Å². The third-order valence-electron chi connectivity index (χ3n) is 5.48. The van der Waals surface area contributed by atoms with Crippen molar-refractivity contribution in [3.05, 3.63) is 18.2 Å². The highest BCUT2D eigenvalue weighted by Gasteiger charge is 2.32. The summed E-state index contributed by atoms with van der Waals surface area (Å²) in [6.45, 7) is 4.01. The van der Waals surface area contributed by atoms with E-state index in [1.807, 2.05) is 13.8 Å². The third kappa shape index (κ3) is 7.24. The molecule has 7 nitrogen and oxygen atoms in total. The van der Waals surface area contributed by atoms with E-state index in [4.69, 9.17) is 5.73 Å². The first-order chi connectivity index (χ1) is 12.9. The minimum Gasteiger partial charge on any atom is -0.390 e. The van der Waals surface area contributed by atoms with Gasteiger partial charge in [-0.25, -0.2) is 4.98 Å². The van der Waals surface area contributed by atoms with Crippen molar-refractivity contribution in [3.63, 3.8) is 0 Å². The standard InChI is InChI=1S/C20H36N4O3/c1-13(2)8-18(25)19(26)17(9-14-6-4-3-5-7-14)24-20(27)16(21)10-15-11-22-12-23-15/h11-14,16-19,25-26H,3-10,21H2,1-2H3,(H,22,23)(H,24,27)/t16?,17-,18-,19+/m0/s1. The summed E-state index contributed by atoms with van der Waals surface area (Å²) in [6.07, 6.45) is 8.77. The number of hydrogen-bond acceptors (Lipinski definition) is 5. The van der Waals surface area contributed by atoms with E-state index < -0.39 is 24.3 Å². The van der Waals surface area contributed by atoms with Crippen molar-refractivity contribution in [2.24, 2.45) is 17.6 Å². The Morgan fingerprint density at radius 1 is 1.33 bits per heavy atom. The van der Waals surface area contributed by atoms with Gasteiger partial charge in [0.2, 0.25) is 5.91 Å². The van der Waals surface area contributed by atoms with E-state index in [2.05, 4.69) is 15.3 Å². The summed E-state index contributed by atoms with van der Waals surface area (Å²) in [5.74, 6) is 0.421. The Morgan fingerprint density at radius 3 is 2.63 bits per heavy atom. The van der Waals surface area contributed by atoms with Crippen LogP contribution in [0.5, 0.6) is 0 Å². The number of H-pyrrole nitrogens is 1. The molecule has 1 aromatic heterocycles. The van der Waals surface area contributed by atoms with Crippen LogP contribution in [0.2, 0.25) is 0 Å². The molecule has 1 aliphatic carbocycles. The molecule has 0 bridgehead atoms. The van der Waals surface area contributed by atoms with E-state index in [9.17, 15) is 15.0 Å². The molecule has 154 valence electrons. The number of aliphatic hydroxyl groups excluding tert-OH is 2. The summed E-state index contributed by atoms with van der Waals surface area (Å²) in [4.78, 5) is 19.6. The zero-order valence-electron chi connectivity index (χ0n) is 16.6. The van der Waals surface area contributed by atoms with Crippen LogP contribution >= 0.6 is 0 Å². The van der Waals surface area contributed by atoms with Crippen LogP contribution in [-0.2, 0) is 11.2 Å². The molecule has 1 unspecified atom stereocenters. The maximum Gasteiger partial charge on any atom is 0.237 e. The monoisotopic (exact) mass is 380 g/mol. The molecule has 0 radical (unpaired) electrons. The fourth-order valence-corrected chi connectivity index (χ4v) is 3.97. The minimum atomic E-state index is -0.990. The second-order valence-corrected chi connectivity index (χ2v) is 8.41. The van der Waals surface area contributed by atoms with Gasteiger partial charge < -0.3 is 26.2 Å². The highest BCUT2D eigenvalue weighted by atomic mass is 16.3. The molecule has 0 spiro atoms. The lowest BCUT2D eigenvalue weighted by atomic mass is 9.82. The number of nitrogens with zero attached hydrogens (tertiary/aromatic N) is 1. The van der Waals surface area contributed by atoms with Crippen LogP contribution in [0.4, 0.5) is 0 Å². The largest absolute Gasteiger partial charge is 0.390 e. The Balaban J connectivity index is 1.99. The summed E-state index contributed by atoms with van der Waals surface area (Å²) in [6, 6.07) is -1.23. The van der Waals surface area contributed by atoms with Crippen molar-refractivity contribution in [2.75, 3.05) is 0 Å². The molecular formula is C20H36N4O3. The molecule has 6 N–H and O–H groups in total. The van der Waals surface area contributed by atoms with Gasteiger partial charge in [0, 0.05) is 12.6 Å². The lowest BCUT2D eigenvalue weighted by molar-refractivity contribution is -0.125. The SMILES string of the molecule is CC(C)C[C@H](O)[C@H](O)[C@H](CC1CCCCC1)NC(=O)C(N)Cc1c[nH]cn1. The van der Waals surface area contributed by atoms with Gasteiger partial charge in [0.1, 0.15) is 6.10 Å². The lowest BCUT2D eigenvalue weighted by Crippen LogP contribution is -2.54. The average Bonchev–Trinajstić information content (AvgIpc) is 3.13. The van der Waals surface area contributed by atoms with Crippen LogP contribution in [0.25, 0.3) is 0 Å². The Morgan fingerprint density at radius 2 is 2.04 bits per heavy atom. The van der Waals surface area contributed by atoms with Crippen molar-refractivity contribution >= 4 is 5.91 Å². The minimum absolute atomic E-state index is 0.266. The summed E-state index contributed by atoms with van der Waals surface area (Å²) in [5, 5.41) is 24.0. The quantitative estimate of drug-likeness (QED) is 0.421. The van der Waals surface area contributed by atoms with Gasteiger partial charge in [0.15, 0.2) is 0 Å². The summed E-state index contributed by atoms with van der Waals surface area (Å²) in [7, 11) is 0. The number of aromatic amines is 1. The lowest BCUT2D eigenvalue weighted by Gasteiger charge is -2.33. The molecule has 1 aliphatic rings. The molecule has 1 heterocycles. The van der Waals surface area contributed by atoms with Crippen molar-refractivity contribution in [1.82, 2.24) is 15.3 Å². The van der Waals surface area contributed by atoms with Crippen LogP contribution in [-0.4, -0.2) is 50.4 Å². The van der Waals surface area contributed by atoms with Crippen molar-refractivity contribution < 1.29 is 15.0 Å². The second kappa shape index (κ2) is 10.8. The average molecular weight is 381 g/mol. The summed E-state index contributed by atoms with van der Waals surface area (Å²) in [5.41, 5.74) is 6.76. The van der Waals surface area contributed by atoms with Crippen molar-refractivity contribution in [1.29, 1.82) is 0 Å². The molecule has 1 aromatic rings. The number of carbonyl (C=O) groups is 1. The molecule has 1 amide bonds. The Bertz CT molecular complexity index is 543. The molecule has 0 saturated heterocycles. The molecule has 4 atom stereocenters. The van der Waals surface area contributed by atoms with Crippen LogP contribution in [0.1, 0.15) is 64.5 Å². The van der Waals surface area contributed by atoms with E-state index in [-0.39, 0.29) is 11.8 Å². The van der Waals surface area contributed by atoms with Gasteiger partial charge in [-0.1, -0.05) is 46.0 Å². The normalized spacial score (nSPS) is 20.2. The highest BCUT2D eigenvalue weighted by molar-refractivity contribution is 5.82. The van der Waals surface area contributed by atoms with Gasteiger partial charge in [-0.15, -0.1) is 0 Å². The first-order valence-electron chi connectivity index (χ1n) is 10.3. The molecule has 27 heavy (non-hydrogen) atoms. The van der Waals surface area contributed by atoms with E-state index in [1.54, 1.807) is 12.5 Å². The van der Waals surface area contributed by atoms with Crippen molar-refractivity contribution in [2.45, 2.75) is 89.5 Å². The maximum absolute atomic E-state index is 12.6. The first-order valence-corrected chi connectivity index (χ1v) is 10.3. The highest BCUT2D eigenvalue weighted by Crippen LogP contribution is 2.29. The first kappa shape index (κ1) is 21.9. The molecule has 2 rings (SSSR count). The number of nitrogens with one attached hydrogen (secondary N) is 2. The molecule has 0 aliphatic heterocycles. The van der Waals surface area contributed by atoms with Crippen LogP contribution in [0.3, 0.4) is 0 Å². The van der Waals surface area contributed by atoms with Gasteiger partial charge in [-0.05, 0) is 24.7 Å². The van der Waals surface area contributed by atoms with Gasteiger partial charge in [-0.3, -0.25) is 4.79 Å². The summed E-state index contributed by atoms with van der Waals surface area (Å²) >= 11 is 0. The number of rotatable bonds is 10. The fourth-order valence-electron chi connectivity index (χ4n) is 3.97. The Hall–Kier alpha value is -1.44. The van der Waals surface area contributed by atoms with E-state index >= 15 is 0 Å². The van der Waals surface area contributed by atoms with Crippen LogP contribution in [0, 0.1) is 11.8 Å². The Labute approximate surface area is 162 Å². The van der Waals surface area contributed by atoms with E-state index in [0.29, 0.717) is 25.2 Å². The van der Waals surface area contributed by atoms with Gasteiger partial charge >= 0.3 is 0 Å². The topological polar surface area (TPSA) is 124 Å². The third-order valence-corrected chi connectivity index (χ3v) is 5.48. The number of nitrogens with two attached hydrogens (primary N) is 1. The van der Waals surface area contributed by atoms with Crippen LogP contribution < -0.4 is 11.1 Å². The predicted octanol–water partition coefficient (Wildman–Crippen LogP) is 1.50. The van der Waals surface area contributed by atoms with E-state index in [1.165, 1.54) is 19.3 Å². The summed E-state index contributed by atoms with van der Waals surface area (Å²) < 4.78 is 0. The predicted molar refractivity (Wildman–Crippen MR) is 105 cm³/mol. The number of aromatic nitrogens is 2. The molecule has 0 aromatic carbocycles. The number of aliphatic hydroxyl groups is 2.